The Morgan fingerprint density at radius 2 is 1.91 bits per heavy atom. The molecular weight excluding hydrogens is 466 g/mol. The minimum Gasteiger partial charge on any atom is -0.379 e. The van der Waals surface area contributed by atoms with Crippen molar-refractivity contribution in [2.45, 2.75) is 39.0 Å². The Hall–Kier alpha value is -2.82. The van der Waals surface area contributed by atoms with E-state index in [0.717, 1.165) is 64.1 Å². The van der Waals surface area contributed by atoms with E-state index in [4.69, 9.17) is 4.74 Å². The number of hydrogen-bond acceptors (Lipinski definition) is 7. The van der Waals surface area contributed by atoms with Crippen LogP contribution in [0, 0.1) is 12.8 Å². The number of amides is 3. The fourth-order valence-corrected chi connectivity index (χ4v) is 5.19. The molecule has 2 aromatic rings. The monoisotopic (exact) mass is 499 g/mol. The van der Waals surface area contributed by atoms with Gasteiger partial charge in [0.25, 0.3) is 0 Å². The first-order valence-electron chi connectivity index (χ1n) is 12.2. The molecule has 1 saturated carbocycles. The molecule has 3 N–H and O–H groups in total. The Labute approximate surface area is 209 Å². The summed E-state index contributed by atoms with van der Waals surface area (Å²) in [5.41, 5.74) is 2.63. The van der Waals surface area contributed by atoms with Crippen molar-refractivity contribution in [2.75, 3.05) is 50.0 Å². The fraction of sp³-hybridized carbons (Fsp3) is 0.520. The van der Waals surface area contributed by atoms with Gasteiger partial charge in [0.1, 0.15) is 0 Å². The summed E-state index contributed by atoms with van der Waals surface area (Å²) in [5, 5.41) is 10.6. The van der Waals surface area contributed by atoms with Gasteiger partial charge >= 0.3 is 6.03 Å². The molecule has 3 amide bonds. The molecule has 1 aromatic carbocycles. The van der Waals surface area contributed by atoms with E-state index in [1.807, 2.05) is 19.1 Å². The van der Waals surface area contributed by atoms with Crippen LogP contribution in [0.5, 0.6) is 0 Å². The van der Waals surface area contributed by atoms with Gasteiger partial charge in [0.15, 0.2) is 10.9 Å². The Morgan fingerprint density at radius 1 is 1.14 bits per heavy atom. The van der Waals surface area contributed by atoms with E-state index in [-0.39, 0.29) is 24.0 Å². The number of anilines is 2. The van der Waals surface area contributed by atoms with Crippen molar-refractivity contribution in [1.29, 1.82) is 0 Å². The van der Waals surface area contributed by atoms with E-state index in [0.29, 0.717) is 28.6 Å². The largest absolute Gasteiger partial charge is 0.379 e. The third kappa shape index (κ3) is 7.33. The third-order valence-corrected chi connectivity index (χ3v) is 7.19. The molecule has 2 aliphatic rings. The van der Waals surface area contributed by atoms with E-state index in [1.165, 1.54) is 11.3 Å². The van der Waals surface area contributed by atoms with Gasteiger partial charge in [-0.1, -0.05) is 24.5 Å². The van der Waals surface area contributed by atoms with Crippen molar-refractivity contribution in [2.24, 2.45) is 5.92 Å². The molecule has 1 aliphatic carbocycles. The van der Waals surface area contributed by atoms with Gasteiger partial charge in [-0.15, -0.1) is 11.3 Å². The summed E-state index contributed by atoms with van der Waals surface area (Å²) < 4.78 is 5.33. The van der Waals surface area contributed by atoms with Crippen LogP contribution in [0.1, 0.15) is 47.3 Å². The highest BCUT2D eigenvalue weighted by Gasteiger charge is 2.26. The van der Waals surface area contributed by atoms with Gasteiger partial charge < -0.3 is 15.4 Å². The van der Waals surface area contributed by atoms with E-state index < -0.39 is 6.03 Å². The highest BCUT2D eigenvalue weighted by molar-refractivity contribution is 7.14. The van der Waals surface area contributed by atoms with E-state index in [1.54, 1.807) is 11.4 Å². The number of thiazole rings is 1. The summed E-state index contributed by atoms with van der Waals surface area (Å²) in [4.78, 5) is 44.5. The molecular formula is C25H33N5O4S. The number of rotatable bonds is 9. The number of aromatic nitrogens is 1. The molecule has 0 spiro atoms. The standard InChI is InChI=1S/C25H33N5O4S/c1-17-6-7-21(20(14-17)23(32)18-4-2-3-5-18)28-24(33)29-25-27-19(16-35-25)15-22(31)26-8-9-30-10-12-34-13-11-30/h6-7,14,16,18H,2-5,8-13,15H2,1H3,(H,26,31)(H2,27,28,29,33). The fourth-order valence-electron chi connectivity index (χ4n) is 4.48. The van der Waals surface area contributed by atoms with E-state index >= 15 is 0 Å². The summed E-state index contributed by atoms with van der Waals surface area (Å²) >= 11 is 1.26. The van der Waals surface area contributed by atoms with Gasteiger partial charge in [-0.05, 0) is 31.9 Å². The summed E-state index contributed by atoms with van der Waals surface area (Å²) in [6, 6.07) is 5.02. The minimum atomic E-state index is -0.467. The van der Waals surface area contributed by atoms with Crippen molar-refractivity contribution in [1.82, 2.24) is 15.2 Å². The van der Waals surface area contributed by atoms with Crippen molar-refractivity contribution >= 4 is 39.9 Å². The molecule has 35 heavy (non-hydrogen) atoms. The normalized spacial score (nSPS) is 16.7. The first-order chi connectivity index (χ1) is 17.0. The maximum Gasteiger partial charge on any atom is 0.325 e. The number of ketones is 1. The van der Waals surface area contributed by atoms with Crippen molar-refractivity contribution in [3.63, 3.8) is 0 Å². The van der Waals surface area contributed by atoms with Crippen LogP contribution in [0.15, 0.2) is 23.6 Å². The van der Waals surface area contributed by atoms with Gasteiger partial charge in [-0.25, -0.2) is 9.78 Å². The number of ether oxygens (including phenoxy) is 1. The molecule has 9 nitrogen and oxygen atoms in total. The lowest BCUT2D eigenvalue weighted by Gasteiger charge is -2.26. The van der Waals surface area contributed by atoms with Gasteiger partial charge in [0.2, 0.25) is 5.91 Å². The lowest BCUT2D eigenvalue weighted by Crippen LogP contribution is -2.41. The van der Waals surface area contributed by atoms with Crippen LogP contribution in [0.2, 0.25) is 0 Å². The first-order valence-corrected chi connectivity index (χ1v) is 13.1. The number of morpholine rings is 1. The predicted molar refractivity (Wildman–Crippen MR) is 136 cm³/mol. The number of aryl methyl sites for hydroxylation is 1. The quantitative estimate of drug-likeness (QED) is 0.456. The molecule has 1 saturated heterocycles. The molecule has 188 valence electrons. The number of Topliss-reactive ketones (excluding diaryl/α,β-unsaturated/α-hetero) is 1. The van der Waals surface area contributed by atoms with Crippen LogP contribution in [0.3, 0.4) is 0 Å². The highest BCUT2D eigenvalue weighted by atomic mass is 32.1. The average molecular weight is 500 g/mol. The van der Waals surface area contributed by atoms with E-state index in [9.17, 15) is 14.4 Å². The molecule has 0 atom stereocenters. The first kappa shape index (κ1) is 25.3. The summed E-state index contributed by atoms with van der Waals surface area (Å²) in [6.07, 6.45) is 4.11. The zero-order valence-electron chi connectivity index (χ0n) is 20.1. The minimum absolute atomic E-state index is 0.0296. The van der Waals surface area contributed by atoms with Gasteiger partial charge in [-0.2, -0.15) is 0 Å². The maximum atomic E-state index is 13.0. The SMILES string of the molecule is Cc1ccc(NC(=O)Nc2nc(CC(=O)NCCN3CCOCC3)cs2)c(C(=O)C2CCCC2)c1. The number of nitrogens with one attached hydrogen (secondary N) is 3. The van der Waals surface area contributed by atoms with Gasteiger partial charge in [-0.3, -0.25) is 19.8 Å². The number of benzene rings is 1. The molecule has 0 bridgehead atoms. The lowest BCUT2D eigenvalue weighted by atomic mass is 9.94. The topological polar surface area (TPSA) is 113 Å². The molecule has 1 aliphatic heterocycles. The zero-order valence-corrected chi connectivity index (χ0v) is 20.9. The van der Waals surface area contributed by atoms with E-state index in [2.05, 4.69) is 25.8 Å². The van der Waals surface area contributed by atoms with Crippen LogP contribution in [-0.2, 0) is 16.0 Å². The average Bonchev–Trinajstić information content (AvgIpc) is 3.53. The number of nitrogens with zero attached hydrogens (tertiary/aromatic N) is 2. The Balaban J connectivity index is 1.27. The van der Waals surface area contributed by atoms with Crippen LogP contribution in [-0.4, -0.2) is 67.0 Å². The summed E-state index contributed by atoms with van der Waals surface area (Å²) in [5.74, 6) is 0.0221. The van der Waals surface area contributed by atoms with Crippen LogP contribution >= 0.6 is 11.3 Å². The summed E-state index contributed by atoms with van der Waals surface area (Å²) in [6.45, 7) is 6.55. The Bertz CT molecular complexity index is 1040. The lowest BCUT2D eigenvalue weighted by molar-refractivity contribution is -0.120. The highest BCUT2D eigenvalue weighted by Crippen LogP contribution is 2.31. The third-order valence-electron chi connectivity index (χ3n) is 6.38. The van der Waals surface area contributed by atoms with Crippen LogP contribution < -0.4 is 16.0 Å². The Morgan fingerprint density at radius 3 is 2.69 bits per heavy atom. The molecule has 2 heterocycles. The Kier molecular flexibility index (Phi) is 8.84. The molecule has 0 radical (unpaired) electrons. The van der Waals surface area contributed by atoms with Crippen molar-refractivity contribution < 1.29 is 19.1 Å². The van der Waals surface area contributed by atoms with Crippen LogP contribution in [0.4, 0.5) is 15.6 Å². The maximum absolute atomic E-state index is 13.0. The number of carbonyl (C=O) groups excluding carboxylic acids is 3. The second-order valence-electron chi connectivity index (χ2n) is 9.10. The zero-order chi connectivity index (χ0) is 24.6. The molecule has 1 aromatic heterocycles. The van der Waals surface area contributed by atoms with Crippen LogP contribution in [0.25, 0.3) is 0 Å². The number of urea groups is 1. The van der Waals surface area contributed by atoms with Crippen molar-refractivity contribution in [3.05, 3.63) is 40.4 Å². The second kappa shape index (κ2) is 12.2. The summed E-state index contributed by atoms with van der Waals surface area (Å²) in [7, 11) is 0. The molecule has 4 rings (SSSR count). The number of hydrogen-bond donors (Lipinski definition) is 3. The number of carbonyl (C=O) groups is 3. The van der Waals surface area contributed by atoms with Gasteiger partial charge in [0, 0.05) is 43.0 Å². The van der Waals surface area contributed by atoms with Crippen molar-refractivity contribution in [3.8, 4) is 0 Å². The smallest absolute Gasteiger partial charge is 0.325 e. The molecule has 0 unspecified atom stereocenters. The predicted octanol–water partition coefficient (Wildman–Crippen LogP) is 3.46. The second-order valence-corrected chi connectivity index (χ2v) is 9.96. The van der Waals surface area contributed by atoms with Gasteiger partial charge in [0.05, 0.1) is 31.0 Å². The molecule has 2 fully saturated rings. The molecule has 10 heteroatoms.